The minimum atomic E-state index is -0.210. The summed E-state index contributed by atoms with van der Waals surface area (Å²) in [5.41, 5.74) is 11.2. The molecule has 5 rings (SSSR count). The summed E-state index contributed by atoms with van der Waals surface area (Å²) in [7, 11) is 1.59. The normalized spacial score (nSPS) is 12.8. The zero-order valence-electron chi connectivity index (χ0n) is 16.7. The van der Waals surface area contributed by atoms with Crippen molar-refractivity contribution in [2.75, 3.05) is 17.9 Å². The number of hydrazine groups is 2. The van der Waals surface area contributed by atoms with E-state index in [1.807, 2.05) is 35.4 Å². The summed E-state index contributed by atoms with van der Waals surface area (Å²) >= 11 is 6.43. The maximum absolute atomic E-state index is 12.3. The first-order valence-corrected chi connectivity index (χ1v) is 10.2. The molecular weight excluding hydrogens is 412 g/mol. The Morgan fingerprint density at radius 1 is 1.10 bits per heavy atom. The molecule has 3 N–H and O–H groups in total. The predicted octanol–water partition coefficient (Wildman–Crippen LogP) is 4.48. The lowest BCUT2D eigenvalue weighted by molar-refractivity contribution is 0.0963. The number of carbonyl (C=O) groups is 1. The number of aromatic nitrogens is 2. The van der Waals surface area contributed by atoms with E-state index in [1.54, 1.807) is 31.4 Å². The van der Waals surface area contributed by atoms with Crippen LogP contribution in [-0.2, 0) is 6.54 Å². The van der Waals surface area contributed by atoms with Crippen LogP contribution in [0.25, 0.3) is 22.2 Å². The van der Waals surface area contributed by atoms with E-state index in [4.69, 9.17) is 16.6 Å². The maximum Gasteiger partial charge on any atom is 0.251 e. The average Bonchev–Trinajstić information content (AvgIpc) is 3.19. The van der Waals surface area contributed by atoms with E-state index in [2.05, 4.69) is 33.3 Å². The van der Waals surface area contributed by atoms with Crippen LogP contribution in [0.15, 0.2) is 66.9 Å². The second kappa shape index (κ2) is 7.86. The predicted molar refractivity (Wildman–Crippen MR) is 123 cm³/mol. The van der Waals surface area contributed by atoms with Gasteiger partial charge in [-0.2, -0.15) is 0 Å². The zero-order valence-corrected chi connectivity index (χ0v) is 17.4. The van der Waals surface area contributed by atoms with Crippen molar-refractivity contribution in [1.82, 2.24) is 20.4 Å². The van der Waals surface area contributed by atoms with Crippen LogP contribution in [0.2, 0.25) is 5.02 Å². The van der Waals surface area contributed by atoms with Crippen LogP contribution >= 0.6 is 11.6 Å². The topological polar surface area (TPSA) is 82.2 Å². The van der Waals surface area contributed by atoms with Crippen molar-refractivity contribution in [2.45, 2.75) is 6.54 Å². The SMILES string of the molecule is CNC(=O)c1cccc(Cl)c1-c1ccc2c(n1)NN(Cc1ccc3ncccc3c1)N2. The van der Waals surface area contributed by atoms with Gasteiger partial charge in [0.1, 0.15) is 0 Å². The Balaban J connectivity index is 1.41. The van der Waals surface area contributed by atoms with Gasteiger partial charge in [-0.1, -0.05) is 29.8 Å². The Bertz CT molecular complexity index is 1310. The van der Waals surface area contributed by atoms with Gasteiger partial charge in [0.2, 0.25) is 0 Å². The van der Waals surface area contributed by atoms with Crippen molar-refractivity contribution in [1.29, 1.82) is 0 Å². The summed E-state index contributed by atoms with van der Waals surface area (Å²) in [6.45, 7) is 0.617. The minimum absolute atomic E-state index is 0.210. The molecule has 0 aliphatic carbocycles. The molecule has 0 atom stereocenters. The van der Waals surface area contributed by atoms with Crippen LogP contribution in [0.3, 0.4) is 0 Å². The summed E-state index contributed by atoms with van der Waals surface area (Å²) in [5.74, 6) is 0.459. The number of nitrogens with one attached hydrogen (secondary N) is 3. The van der Waals surface area contributed by atoms with Gasteiger partial charge in [0, 0.05) is 24.2 Å². The van der Waals surface area contributed by atoms with Crippen LogP contribution in [0.4, 0.5) is 11.5 Å². The molecule has 1 aliphatic heterocycles. The molecule has 1 aliphatic rings. The number of hydrogen-bond donors (Lipinski definition) is 3. The highest BCUT2D eigenvalue weighted by Gasteiger charge is 2.22. The van der Waals surface area contributed by atoms with Crippen molar-refractivity contribution in [2.24, 2.45) is 0 Å². The molecule has 7 nitrogen and oxygen atoms in total. The summed E-state index contributed by atoms with van der Waals surface area (Å²) in [4.78, 5) is 21.4. The van der Waals surface area contributed by atoms with Crippen molar-refractivity contribution in [3.05, 3.63) is 83.0 Å². The van der Waals surface area contributed by atoms with E-state index in [-0.39, 0.29) is 5.91 Å². The van der Waals surface area contributed by atoms with Crippen LogP contribution in [-0.4, -0.2) is 28.0 Å². The Kier molecular flexibility index (Phi) is 4.89. The fourth-order valence-electron chi connectivity index (χ4n) is 3.67. The molecule has 0 saturated carbocycles. The molecule has 0 saturated heterocycles. The highest BCUT2D eigenvalue weighted by atomic mass is 35.5. The quantitative estimate of drug-likeness (QED) is 0.443. The van der Waals surface area contributed by atoms with Crippen LogP contribution in [0, 0.1) is 0 Å². The number of anilines is 2. The van der Waals surface area contributed by atoms with E-state index in [0.29, 0.717) is 34.2 Å². The van der Waals surface area contributed by atoms with E-state index in [1.165, 1.54) is 0 Å². The molecule has 2 aromatic carbocycles. The van der Waals surface area contributed by atoms with Gasteiger partial charge in [0.15, 0.2) is 5.82 Å². The van der Waals surface area contributed by atoms with Gasteiger partial charge in [0.05, 0.1) is 34.0 Å². The number of benzene rings is 2. The molecule has 3 heterocycles. The third-order valence-electron chi connectivity index (χ3n) is 5.14. The summed E-state index contributed by atoms with van der Waals surface area (Å²) in [5, 5.41) is 6.09. The van der Waals surface area contributed by atoms with Gasteiger partial charge in [-0.3, -0.25) is 20.6 Å². The second-order valence-electron chi connectivity index (χ2n) is 7.17. The van der Waals surface area contributed by atoms with Crippen molar-refractivity contribution >= 4 is 39.9 Å². The number of nitrogens with zero attached hydrogens (tertiary/aromatic N) is 3. The lowest BCUT2D eigenvalue weighted by atomic mass is 10.0. The van der Waals surface area contributed by atoms with Crippen molar-refractivity contribution in [3.8, 4) is 11.3 Å². The molecule has 0 unspecified atom stereocenters. The fraction of sp³-hybridized carbons (Fsp3) is 0.0870. The molecule has 4 aromatic rings. The van der Waals surface area contributed by atoms with Gasteiger partial charge in [-0.15, -0.1) is 5.12 Å². The molecule has 8 heteroatoms. The summed E-state index contributed by atoms with van der Waals surface area (Å²) in [6.07, 6.45) is 1.79. The highest BCUT2D eigenvalue weighted by Crippen LogP contribution is 2.35. The number of amides is 1. The Hall–Kier alpha value is -3.68. The Morgan fingerprint density at radius 2 is 2.00 bits per heavy atom. The van der Waals surface area contributed by atoms with E-state index < -0.39 is 0 Å². The van der Waals surface area contributed by atoms with Crippen LogP contribution in [0.5, 0.6) is 0 Å². The molecular formula is C23H19ClN6O. The van der Waals surface area contributed by atoms with E-state index in [0.717, 1.165) is 22.2 Å². The van der Waals surface area contributed by atoms with Gasteiger partial charge in [-0.25, -0.2) is 4.98 Å². The molecule has 2 aromatic heterocycles. The molecule has 0 bridgehead atoms. The molecule has 1 amide bonds. The number of carbonyl (C=O) groups excluding carboxylic acids is 1. The van der Waals surface area contributed by atoms with E-state index in [9.17, 15) is 4.79 Å². The summed E-state index contributed by atoms with van der Waals surface area (Å²) in [6, 6.07) is 19.2. The third kappa shape index (κ3) is 3.65. The minimum Gasteiger partial charge on any atom is -0.355 e. The largest absolute Gasteiger partial charge is 0.355 e. The number of pyridine rings is 2. The first-order valence-electron chi connectivity index (χ1n) is 9.79. The lowest BCUT2D eigenvalue weighted by Gasteiger charge is -2.16. The molecule has 0 fully saturated rings. The van der Waals surface area contributed by atoms with Crippen molar-refractivity contribution in [3.63, 3.8) is 0 Å². The highest BCUT2D eigenvalue weighted by molar-refractivity contribution is 6.34. The number of halogens is 1. The smallest absolute Gasteiger partial charge is 0.251 e. The van der Waals surface area contributed by atoms with E-state index >= 15 is 0 Å². The standard InChI is InChI=1S/C23H19ClN6O/c1-25-23(31)16-5-2-6-17(24)21(16)19-9-10-20-22(27-19)29-30(28-20)13-14-7-8-18-15(12-14)4-3-11-26-18/h2-12,28H,13H2,1H3,(H,25,31)(H,27,29). The first-order chi connectivity index (χ1) is 15.1. The van der Waals surface area contributed by atoms with Gasteiger partial charge in [-0.05, 0) is 48.0 Å². The molecule has 31 heavy (non-hydrogen) atoms. The van der Waals surface area contributed by atoms with Gasteiger partial charge < -0.3 is 5.32 Å². The number of hydrogen-bond acceptors (Lipinski definition) is 6. The third-order valence-corrected chi connectivity index (χ3v) is 5.46. The second-order valence-corrected chi connectivity index (χ2v) is 7.58. The Labute approximate surface area is 184 Å². The lowest BCUT2D eigenvalue weighted by Crippen LogP contribution is -2.29. The zero-order chi connectivity index (χ0) is 21.4. The molecule has 0 spiro atoms. The molecule has 154 valence electrons. The molecule has 0 radical (unpaired) electrons. The number of rotatable bonds is 4. The Morgan fingerprint density at radius 3 is 2.87 bits per heavy atom. The number of fused-ring (bicyclic) bond motifs is 2. The fourth-order valence-corrected chi connectivity index (χ4v) is 3.94. The first kappa shape index (κ1) is 19.3. The van der Waals surface area contributed by atoms with Gasteiger partial charge >= 0.3 is 0 Å². The van der Waals surface area contributed by atoms with Crippen LogP contribution < -0.4 is 16.2 Å². The summed E-state index contributed by atoms with van der Waals surface area (Å²) < 4.78 is 0. The average molecular weight is 431 g/mol. The van der Waals surface area contributed by atoms with Crippen LogP contribution in [0.1, 0.15) is 15.9 Å². The van der Waals surface area contributed by atoms with Crippen molar-refractivity contribution < 1.29 is 4.79 Å². The van der Waals surface area contributed by atoms with Gasteiger partial charge in [0.25, 0.3) is 5.91 Å². The maximum atomic E-state index is 12.3. The monoisotopic (exact) mass is 430 g/mol.